The second-order valence-corrected chi connectivity index (χ2v) is 16.8. The highest BCUT2D eigenvalue weighted by molar-refractivity contribution is 6.17. The molecule has 0 saturated carbocycles. The lowest BCUT2D eigenvalue weighted by Gasteiger charge is -2.36. The molecule has 0 bridgehead atoms. The predicted molar refractivity (Wildman–Crippen MR) is 264 cm³/mol. The van der Waals surface area contributed by atoms with Gasteiger partial charge in [0.1, 0.15) is 0 Å². The summed E-state index contributed by atoms with van der Waals surface area (Å²) >= 11 is 0. The van der Waals surface area contributed by atoms with E-state index in [-0.39, 0.29) is 12.0 Å². The first-order valence-electron chi connectivity index (χ1n) is 21.9. The lowest BCUT2D eigenvalue weighted by molar-refractivity contribution is 0.748. The number of hydrogen-bond acceptors (Lipinski definition) is 1. The second kappa shape index (κ2) is 15.1. The fraction of sp³-hybridized carbons (Fsp3) is 0.0667. The summed E-state index contributed by atoms with van der Waals surface area (Å²) in [5, 5.41) is 10.3. The minimum Gasteiger partial charge on any atom is -0.334 e. The molecule has 2 aliphatic carbocycles. The Morgan fingerprint density at radius 1 is 0.484 bits per heavy atom. The van der Waals surface area contributed by atoms with E-state index in [0.717, 1.165) is 12.8 Å². The fourth-order valence-electron chi connectivity index (χ4n) is 10.3. The van der Waals surface area contributed by atoms with E-state index in [1.807, 2.05) is 0 Å². The summed E-state index contributed by atoms with van der Waals surface area (Å²) in [6.45, 7) is 0. The van der Waals surface area contributed by atoms with E-state index in [2.05, 4.69) is 240 Å². The van der Waals surface area contributed by atoms with Gasteiger partial charge >= 0.3 is 0 Å². The maximum atomic E-state index is 2.59. The molecule has 0 fully saturated rings. The van der Waals surface area contributed by atoms with Gasteiger partial charge in [0, 0.05) is 33.8 Å². The standard InChI is InChI=1S/C60H44N2/c1-3-16-41(17-4-1)43-21-13-25-50(36-43)61(49-34-32-42(33-35-49)56-39-47-20-9-10-27-52(47)54-28-11-12-29-55(54)56)51-26-14-22-46(37-51)53-30-15-31-58-60(53)57-38-44-18-7-8-19-45(44)40-59(57)62(58)48-23-5-2-6-24-48/h1-25,27-32,34-40,42,51H,26,33H2. The first kappa shape index (κ1) is 36.2. The molecular weight excluding hydrogens is 749 g/mol. The number of aromatic nitrogens is 1. The first-order chi connectivity index (χ1) is 30.7. The van der Waals surface area contributed by atoms with Crippen LogP contribution in [0.25, 0.3) is 76.5 Å². The molecule has 1 heterocycles. The third kappa shape index (κ3) is 6.18. The van der Waals surface area contributed by atoms with E-state index >= 15 is 0 Å². The van der Waals surface area contributed by atoms with Crippen molar-refractivity contribution in [2.45, 2.75) is 24.8 Å². The van der Waals surface area contributed by atoms with E-state index in [9.17, 15) is 0 Å². The van der Waals surface area contributed by atoms with Gasteiger partial charge < -0.3 is 9.47 Å². The van der Waals surface area contributed by atoms with Crippen LogP contribution in [-0.4, -0.2) is 10.6 Å². The summed E-state index contributed by atoms with van der Waals surface area (Å²) < 4.78 is 2.44. The van der Waals surface area contributed by atoms with E-state index in [1.54, 1.807) is 0 Å². The van der Waals surface area contributed by atoms with Crippen molar-refractivity contribution in [2.24, 2.45) is 0 Å². The third-order valence-corrected chi connectivity index (χ3v) is 13.2. The van der Waals surface area contributed by atoms with Gasteiger partial charge in [0.05, 0.1) is 17.1 Å². The Balaban J connectivity index is 0.993. The summed E-state index contributed by atoms with van der Waals surface area (Å²) in [4.78, 5) is 2.59. The smallest absolute Gasteiger partial charge is 0.0565 e. The molecule has 0 amide bonds. The predicted octanol–water partition coefficient (Wildman–Crippen LogP) is 15.8. The molecule has 2 heteroatoms. The topological polar surface area (TPSA) is 8.17 Å². The van der Waals surface area contributed by atoms with Crippen molar-refractivity contribution in [2.75, 3.05) is 4.90 Å². The summed E-state index contributed by atoms with van der Waals surface area (Å²) in [5.74, 6) is 0.277. The van der Waals surface area contributed by atoms with Crippen LogP contribution in [0.5, 0.6) is 0 Å². The Morgan fingerprint density at radius 2 is 1.18 bits per heavy atom. The molecule has 2 unspecified atom stereocenters. The highest BCUT2D eigenvalue weighted by atomic mass is 15.2. The van der Waals surface area contributed by atoms with Crippen molar-refractivity contribution in [1.82, 2.24) is 4.57 Å². The molecule has 62 heavy (non-hydrogen) atoms. The maximum Gasteiger partial charge on any atom is 0.0565 e. The zero-order valence-corrected chi connectivity index (χ0v) is 34.4. The fourth-order valence-corrected chi connectivity index (χ4v) is 10.3. The number of fused-ring (bicyclic) bond motifs is 7. The van der Waals surface area contributed by atoms with Crippen LogP contribution in [-0.2, 0) is 0 Å². The van der Waals surface area contributed by atoms with Crippen molar-refractivity contribution < 1.29 is 0 Å². The van der Waals surface area contributed by atoms with Gasteiger partial charge in [-0.05, 0) is 128 Å². The molecule has 1 aromatic heterocycles. The SMILES string of the molecule is C1=CC(c2cccc3c2c2cc4ccccc4cc2n3-c2ccccc2)=CC(N(C2=CCC(c3cc4ccccc4c4ccccc34)C=C2)c2cccc(-c3ccccc3)c2)C1. The van der Waals surface area contributed by atoms with Gasteiger partial charge in [0.15, 0.2) is 0 Å². The number of benzene rings is 9. The van der Waals surface area contributed by atoms with Crippen LogP contribution in [0.15, 0.2) is 236 Å². The van der Waals surface area contributed by atoms with Gasteiger partial charge in [-0.1, -0.05) is 176 Å². The van der Waals surface area contributed by atoms with Crippen molar-refractivity contribution in [3.05, 3.63) is 247 Å². The summed E-state index contributed by atoms with van der Waals surface area (Å²) in [5.41, 5.74) is 12.4. The van der Waals surface area contributed by atoms with E-state index in [1.165, 1.54) is 99.0 Å². The molecule has 2 aliphatic rings. The van der Waals surface area contributed by atoms with Gasteiger partial charge in [-0.2, -0.15) is 0 Å². The second-order valence-electron chi connectivity index (χ2n) is 16.8. The highest BCUT2D eigenvalue weighted by Crippen LogP contribution is 2.42. The summed E-state index contributed by atoms with van der Waals surface area (Å²) in [6, 6.07) is 71.3. The van der Waals surface area contributed by atoms with Crippen LogP contribution in [0.2, 0.25) is 0 Å². The molecule has 0 spiro atoms. The zero-order chi connectivity index (χ0) is 41.0. The number of para-hydroxylation sites is 1. The van der Waals surface area contributed by atoms with Crippen LogP contribution in [0.4, 0.5) is 5.69 Å². The van der Waals surface area contributed by atoms with Crippen molar-refractivity contribution in [3.63, 3.8) is 0 Å². The van der Waals surface area contributed by atoms with Crippen LogP contribution in [0, 0.1) is 0 Å². The molecule has 2 atom stereocenters. The van der Waals surface area contributed by atoms with Gasteiger partial charge in [0.25, 0.3) is 0 Å². The molecule has 2 nitrogen and oxygen atoms in total. The largest absolute Gasteiger partial charge is 0.334 e. The van der Waals surface area contributed by atoms with E-state index in [0.29, 0.717) is 0 Å². The van der Waals surface area contributed by atoms with Crippen molar-refractivity contribution in [1.29, 1.82) is 0 Å². The first-order valence-corrected chi connectivity index (χ1v) is 21.9. The van der Waals surface area contributed by atoms with Crippen LogP contribution in [0.3, 0.4) is 0 Å². The minimum absolute atomic E-state index is 0.0912. The van der Waals surface area contributed by atoms with Gasteiger partial charge in [-0.25, -0.2) is 0 Å². The molecule has 0 radical (unpaired) electrons. The van der Waals surface area contributed by atoms with Gasteiger partial charge in [0.2, 0.25) is 0 Å². The summed E-state index contributed by atoms with van der Waals surface area (Å²) in [7, 11) is 0. The number of allylic oxidation sites excluding steroid dienone is 5. The quantitative estimate of drug-likeness (QED) is 0.146. The molecule has 0 saturated heterocycles. The average molecular weight is 793 g/mol. The Kier molecular flexibility index (Phi) is 8.81. The molecule has 10 aromatic rings. The molecule has 294 valence electrons. The molecule has 12 rings (SSSR count). The Labute approximate surface area is 362 Å². The third-order valence-electron chi connectivity index (χ3n) is 13.2. The lowest BCUT2D eigenvalue weighted by atomic mass is 9.85. The highest BCUT2D eigenvalue weighted by Gasteiger charge is 2.26. The summed E-state index contributed by atoms with van der Waals surface area (Å²) in [6.07, 6.45) is 16.4. The van der Waals surface area contributed by atoms with Crippen LogP contribution < -0.4 is 4.90 Å². The van der Waals surface area contributed by atoms with Gasteiger partial charge in [-0.15, -0.1) is 0 Å². The van der Waals surface area contributed by atoms with E-state index in [4.69, 9.17) is 0 Å². The minimum atomic E-state index is 0.0912. The Hall–Kier alpha value is -7.68. The van der Waals surface area contributed by atoms with Crippen LogP contribution >= 0.6 is 0 Å². The zero-order valence-electron chi connectivity index (χ0n) is 34.4. The number of hydrogen-bond donors (Lipinski definition) is 0. The number of nitrogens with zero attached hydrogens (tertiary/aromatic N) is 2. The molecule has 9 aromatic carbocycles. The van der Waals surface area contributed by atoms with Crippen LogP contribution in [0.1, 0.15) is 29.9 Å². The Bertz CT molecular complexity index is 3470. The average Bonchev–Trinajstić information content (AvgIpc) is 3.67. The van der Waals surface area contributed by atoms with E-state index < -0.39 is 0 Å². The molecule has 0 N–H and O–H groups in total. The van der Waals surface area contributed by atoms with Crippen molar-refractivity contribution >= 4 is 65.4 Å². The van der Waals surface area contributed by atoms with Crippen molar-refractivity contribution in [3.8, 4) is 16.8 Å². The monoisotopic (exact) mass is 792 g/mol. The lowest BCUT2D eigenvalue weighted by Crippen LogP contribution is -2.34. The van der Waals surface area contributed by atoms with Gasteiger partial charge in [-0.3, -0.25) is 0 Å². The maximum absolute atomic E-state index is 2.59. The number of anilines is 1. The molecular formula is C60H44N2. The number of rotatable bonds is 7. The Morgan fingerprint density at radius 3 is 1.98 bits per heavy atom. The molecule has 0 aliphatic heterocycles. The normalized spacial score (nSPS) is 16.3.